The maximum atomic E-state index is 11.4. The van der Waals surface area contributed by atoms with E-state index in [-0.39, 0.29) is 24.4 Å². The highest BCUT2D eigenvalue weighted by Gasteiger charge is 2.23. The SMILES string of the molecule is CCC(C)NCC(=O)N[C@H](C(=O)O)C(C)C. The van der Waals surface area contributed by atoms with Crippen LogP contribution in [0, 0.1) is 5.92 Å². The molecule has 3 N–H and O–H groups in total. The van der Waals surface area contributed by atoms with Gasteiger partial charge in [-0.15, -0.1) is 0 Å². The summed E-state index contributed by atoms with van der Waals surface area (Å²) in [5.41, 5.74) is 0. The quantitative estimate of drug-likeness (QED) is 0.598. The predicted molar refractivity (Wildman–Crippen MR) is 62.2 cm³/mol. The van der Waals surface area contributed by atoms with Crippen molar-refractivity contribution < 1.29 is 14.7 Å². The maximum Gasteiger partial charge on any atom is 0.326 e. The van der Waals surface area contributed by atoms with E-state index < -0.39 is 12.0 Å². The average molecular weight is 230 g/mol. The Bertz CT molecular complexity index is 241. The highest BCUT2D eigenvalue weighted by atomic mass is 16.4. The Kier molecular flexibility index (Phi) is 6.72. The number of hydrogen-bond donors (Lipinski definition) is 3. The summed E-state index contributed by atoms with van der Waals surface area (Å²) in [7, 11) is 0. The molecule has 1 unspecified atom stereocenters. The highest BCUT2D eigenvalue weighted by Crippen LogP contribution is 2.01. The number of amides is 1. The average Bonchev–Trinajstić information content (AvgIpc) is 2.21. The first kappa shape index (κ1) is 14.9. The third-order valence-electron chi connectivity index (χ3n) is 2.47. The molecule has 0 aromatic carbocycles. The lowest BCUT2D eigenvalue weighted by molar-refractivity contribution is -0.143. The minimum Gasteiger partial charge on any atom is -0.480 e. The lowest BCUT2D eigenvalue weighted by Gasteiger charge is -2.18. The van der Waals surface area contributed by atoms with Crippen molar-refractivity contribution in [3.05, 3.63) is 0 Å². The van der Waals surface area contributed by atoms with Gasteiger partial charge in [-0.05, 0) is 19.3 Å². The summed E-state index contributed by atoms with van der Waals surface area (Å²) < 4.78 is 0. The first-order valence-electron chi connectivity index (χ1n) is 5.64. The molecule has 0 bridgehead atoms. The zero-order chi connectivity index (χ0) is 12.7. The molecule has 0 spiro atoms. The standard InChI is InChI=1S/C11H22N2O3/c1-5-8(4)12-6-9(14)13-10(7(2)3)11(15)16/h7-8,10,12H,5-6H2,1-4H3,(H,13,14)(H,15,16)/t8?,10-/m0/s1. The fourth-order valence-corrected chi connectivity index (χ4v) is 1.15. The smallest absolute Gasteiger partial charge is 0.326 e. The van der Waals surface area contributed by atoms with Crippen LogP contribution in [0.4, 0.5) is 0 Å². The second-order valence-corrected chi connectivity index (χ2v) is 4.32. The summed E-state index contributed by atoms with van der Waals surface area (Å²) in [5.74, 6) is -1.39. The molecule has 0 rings (SSSR count). The van der Waals surface area contributed by atoms with Crippen molar-refractivity contribution in [3.8, 4) is 0 Å². The van der Waals surface area contributed by atoms with Crippen molar-refractivity contribution >= 4 is 11.9 Å². The number of carbonyl (C=O) groups is 2. The fourth-order valence-electron chi connectivity index (χ4n) is 1.15. The van der Waals surface area contributed by atoms with E-state index in [9.17, 15) is 9.59 Å². The minimum absolute atomic E-state index is 0.120. The molecule has 0 aromatic heterocycles. The van der Waals surface area contributed by atoms with Gasteiger partial charge in [-0.2, -0.15) is 0 Å². The van der Waals surface area contributed by atoms with Gasteiger partial charge in [0.1, 0.15) is 6.04 Å². The Morgan fingerprint density at radius 2 is 1.81 bits per heavy atom. The number of carboxylic acids is 1. The molecule has 94 valence electrons. The minimum atomic E-state index is -0.994. The molecule has 0 aliphatic rings. The van der Waals surface area contributed by atoms with Gasteiger partial charge in [0.15, 0.2) is 0 Å². The predicted octanol–water partition coefficient (Wildman–Crippen LogP) is 0.600. The van der Waals surface area contributed by atoms with Gasteiger partial charge in [-0.1, -0.05) is 20.8 Å². The molecule has 5 nitrogen and oxygen atoms in total. The van der Waals surface area contributed by atoms with Gasteiger partial charge in [0.2, 0.25) is 5.91 Å². The molecule has 0 heterocycles. The van der Waals surface area contributed by atoms with Crippen molar-refractivity contribution in [2.45, 2.75) is 46.2 Å². The van der Waals surface area contributed by atoms with Crippen molar-refractivity contribution in [2.24, 2.45) is 5.92 Å². The summed E-state index contributed by atoms with van der Waals surface area (Å²) >= 11 is 0. The molecule has 5 heteroatoms. The Labute approximate surface area is 96.6 Å². The molecule has 0 saturated heterocycles. The molecule has 0 fully saturated rings. The molecule has 0 saturated carbocycles. The third kappa shape index (κ3) is 5.70. The highest BCUT2D eigenvalue weighted by molar-refractivity contribution is 5.84. The number of nitrogens with one attached hydrogen (secondary N) is 2. The van der Waals surface area contributed by atoms with E-state index in [2.05, 4.69) is 10.6 Å². The molecule has 0 radical (unpaired) electrons. The maximum absolute atomic E-state index is 11.4. The number of rotatable bonds is 7. The molecule has 1 amide bonds. The second-order valence-electron chi connectivity index (χ2n) is 4.32. The van der Waals surface area contributed by atoms with Gasteiger partial charge in [-0.3, -0.25) is 4.79 Å². The van der Waals surface area contributed by atoms with Crippen LogP contribution in [0.5, 0.6) is 0 Å². The lowest BCUT2D eigenvalue weighted by Crippen LogP contribution is -2.48. The molecule has 2 atom stereocenters. The van der Waals surface area contributed by atoms with Crippen LogP contribution >= 0.6 is 0 Å². The molecule has 0 aliphatic carbocycles. The van der Waals surface area contributed by atoms with Crippen LogP contribution in [0.3, 0.4) is 0 Å². The van der Waals surface area contributed by atoms with Crippen molar-refractivity contribution in [2.75, 3.05) is 6.54 Å². The number of hydrogen-bond acceptors (Lipinski definition) is 3. The van der Waals surface area contributed by atoms with Crippen LogP contribution in [0.15, 0.2) is 0 Å². The monoisotopic (exact) mass is 230 g/mol. The first-order chi connectivity index (χ1) is 7.38. The molecule has 0 aliphatic heterocycles. The van der Waals surface area contributed by atoms with Crippen LogP contribution in [0.25, 0.3) is 0 Å². The Balaban J connectivity index is 4.06. The van der Waals surface area contributed by atoms with E-state index in [4.69, 9.17) is 5.11 Å². The summed E-state index contributed by atoms with van der Waals surface area (Å²) in [6.07, 6.45) is 0.930. The zero-order valence-electron chi connectivity index (χ0n) is 10.4. The Hall–Kier alpha value is -1.10. The summed E-state index contributed by atoms with van der Waals surface area (Å²) in [4.78, 5) is 22.3. The normalized spacial score (nSPS) is 14.6. The first-order valence-corrected chi connectivity index (χ1v) is 5.64. The van der Waals surface area contributed by atoms with Gasteiger partial charge in [-0.25, -0.2) is 4.79 Å². The summed E-state index contributed by atoms with van der Waals surface area (Å²) in [6, 6.07) is -0.556. The van der Waals surface area contributed by atoms with Crippen LogP contribution in [-0.4, -0.2) is 35.6 Å². The third-order valence-corrected chi connectivity index (χ3v) is 2.47. The number of carbonyl (C=O) groups excluding carboxylic acids is 1. The van der Waals surface area contributed by atoms with Crippen LogP contribution < -0.4 is 10.6 Å². The van der Waals surface area contributed by atoms with E-state index >= 15 is 0 Å². The van der Waals surface area contributed by atoms with Gasteiger partial charge in [0, 0.05) is 6.04 Å². The van der Waals surface area contributed by atoms with E-state index in [1.807, 2.05) is 13.8 Å². The number of carboxylic acid groups (broad SMARTS) is 1. The van der Waals surface area contributed by atoms with E-state index in [0.29, 0.717) is 0 Å². The topological polar surface area (TPSA) is 78.4 Å². The van der Waals surface area contributed by atoms with Crippen molar-refractivity contribution in [1.82, 2.24) is 10.6 Å². The molecule has 0 aromatic rings. The van der Waals surface area contributed by atoms with Crippen LogP contribution in [0.2, 0.25) is 0 Å². The second kappa shape index (κ2) is 7.22. The van der Waals surface area contributed by atoms with Crippen molar-refractivity contribution in [1.29, 1.82) is 0 Å². The number of aliphatic carboxylic acids is 1. The molecular weight excluding hydrogens is 208 g/mol. The van der Waals surface area contributed by atoms with Gasteiger partial charge in [0.05, 0.1) is 6.54 Å². The summed E-state index contributed by atoms with van der Waals surface area (Å²) in [6.45, 7) is 7.68. The largest absolute Gasteiger partial charge is 0.480 e. The fraction of sp³-hybridized carbons (Fsp3) is 0.818. The Morgan fingerprint density at radius 3 is 2.19 bits per heavy atom. The zero-order valence-corrected chi connectivity index (χ0v) is 10.4. The van der Waals surface area contributed by atoms with Crippen LogP contribution in [0.1, 0.15) is 34.1 Å². The van der Waals surface area contributed by atoms with E-state index in [1.165, 1.54) is 0 Å². The molecular formula is C11H22N2O3. The van der Waals surface area contributed by atoms with Gasteiger partial charge in [0.25, 0.3) is 0 Å². The van der Waals surface area contributed by atoms with Gasteiger partial charge >= 0.3 is 5.97 Å². The van der Waals surface area contributed by atoms with E-state index in [0.717, 1.165) is 6.42 Å². The molecule has 16 heavy (non-hydrogen) atoms. The van der Waals surface area contributed by atoms with Crippen LogP contribution in [-0.2, 0) is 9.59 Å². The Morgan fingerprint density at radius 1 is 1.25 bits per heavy atom. The van der Waals surface area contributed by atoms with E-state index in [1.54, 1.807) is 13.8 Å². The van der Waals surface area contributed by atoms with Gasteiger partial charge < -0.3 is 15.7 Å². The van der Waals surface area contributed by atoms with Crippen molar-refractivity contribution in [3.63, 3.8) is 0 Å². The summed E-state index contributed by atoms with van der Waals surface area (Å²) in [5, 5.41) is 14.4. The lowest BCUT2D eigenvalue weighted by atomic mass is 10.0.